The average Bonchev–Trinajstić information content (AvgIpc) is 2.37. The number of nitrogens with one attached hydrogen (secondary N) is 1. The fraction of sp³-hybridized carbons (Fsp3) is 0.250. The molecular weight excluding hydrogens is 404 g/mol. The lowest BCUT2D eigenvalue weighted by molar-refractivity contribution is 0.537. The predicted octanol–water partition coefficient (Wildman–Crippen LogP) is 5.38. The molecule has 5 heteroatoms. The largest absolute Gasteiger partial charge is 0.310 e. The molecule has 1 N–H and O–H groups in total. The molecule has 0 fully saturated rings. The van der Waals surface area contributed by atoms with Crippen LogP contribution in [0.1, 0.15) is 24.1 Å². The first-order valence-electron chi connectivity index (χ1n) is 6.63. The van der Waals surface area contributed by atoms with Gasteiger partial charge in [0.2, 0.25) is 0 Å². The third-order valence-electron chi connectivity index (χ3n) is 3.15. The van der Waals surface area contributed by atoms with E-state index in [1.165, 1.54) is 12.1 Å². The van der Waals surface area contributed by atoms with Gasteiger partial charge in [0.05, 0.1) is 0 Å². The average molecular weight is 419 g/mol. The first-order chi connectivity index (χ1) is 9.99. The van der Waals surface area contributed by atoms with E-state index < -0.39 is 11.6 Å². The van der Waals surface area contributed by atoms with Crippen LogP contribution in [0, 0.1) is 11.6 Å². The van der Waals surface area contributed by atoms with Crippen LogP contribution >= 0.6 is 31.9 Å². The van der Waals surface area contributed by atoms with Crippen LogP contribution in [0.3, 0.4) is 0 Å². The van der Waals surface area contributed by atoms with Crippen molar-refractivity contribution in [3.8, 4) is 0 Å². The fourth-order valence-corrected chi connectivity index (χ4v) is 3.61. The SMILES string of the molecule is CCNC(Cc1cc(F)cc(F)c1)c1ccc(Br)cc1Br. The van der Waals surface area contributed by atoms with Crippen molar-refractivity contribution in [3.05, 3.63) is 68.1 Å². The Morgan fingerprint density at radius 2 is 1.71 bits per heavy atom. The number of benzene rings is 2. The van der Waals surface area contributed by atoms with Crippen LogP contribution in [0.25, 0.3) is 0 Å². The summed E-state index contributed by atoms with van der Waals surface area (Å²) in [5, 5.41) is 3.36. The van der Waals surface area contributed by atoms with Gasteiger partial charge in [-0.1, -0.05) is 44.8 Å². The van der Waals surface area contributed by atoms with Crippen molar-refractivity contribution in [1.29, 1.82) is 0 Å². The summed E-state index contributed by atoms with van der Waals surface area (Å²) < 4.78 is 28.6. The molecule has 0 aliphatic rings. The molecule has 0 spiro atoms. The second-order valence-corrected chi connectivity index (χ2v) is 6.53. The zero-order chi connectivity index (χ0) is 15.4. The van der Waals surface area contributed by atoms with Gasteiger partial charge in [0.25, 0.3) is 0 Å². The van der Waals surface area contributed by atoms with E-state index in [1.807, 2.05) is 25.1 Å². The number of rotatable bonds is 5. The first kappa shape index (κ1) is 16.6. The van der Waals surface area contributed by atoms with Crippen molar-refractivity contribution in [2.45, 2.75) is 19.4 Å². The number of hydrogen-bond acceptors (Lipinski definition) is 1. The minimum Gasteiger partial charge on any atom is -0.310 e. The van der Waals surface area contributed by atoms with E-state index in [1.54, 1.807) is 0 Å². The molecular formula is C16H15Br2F2N. The van der Waals surface area contributed by atoms with Crippen molar-refractivity contribution >= 4 is 31.9 Å². The summed E-state index contributed by atoms with van der Waals surface area (Å²) in [6.45, 7) is 2.77. The second kappa shape index (κ2) is 7.47. The van der Waals surface area contributed by atoms with Gasteiger partial charge < -0.3 is 5.32 Å². The Hall–Kier alpha value is -0.780. The zero-order valence-electron chi connectivity index (χ0n) is 11.5. The summed E-state index contributed by atoms with van der Waals surface area (Å²) in [6, 6.07) is 9.54. The van der Waals surface area contributed by atoms with Gasteiger partial charge in [-0.25, -0.2) is 8.78 Å². The van der Waals surface area contributed by atoms with Crippen LogP contribution in [-0.4, -0.2) is 6.54 Å². The standard InChI is InChI=1S/C16H15Br2F2N/c1-2-21-16(14-4-3-11(17)8-15(14)18)7-10-5-12(19)9-13(20)6-10/h3-6,8-9,16,21H,2,7H2,1H3. The molecule has 21 heavy (non-hydrogen) atoms. The monoisotopic (exact) mass is 417 g/mol. The molecule has 0 saturated carbocycles. The first-order valence-corrected chi connectivity index (χ1v) is 8.21. The van der Waals surface area contributed by atoms with Crippen molar-refractivity contribution < 1.29 is 8.78 Å². The highest BCUT2D eigenvalue weighted by Crippen LogP contribution is 2.29. The van der Waals surface area contributed by atoms with E-state index in [4.69, 9.17) is 0 Å². The molecule has 0 aliphatic heterocycles. The van der Waals surface area contributed by atoms with Crippen LogP contribution < -0.4 is 5.32 Å². The van der Waals surface area contributed by atoms with Crippen LogP contribution in [0.2, 0.25) is 0 Å². The van der Waals surface area contributed by atoms with E-state index in [2.05, 4.69) is 37.2 Å². The maximum atomic E-state index is 13.3. The Morgan fingerprint density at radius 3 is 2.29 bits per heavy atom. The van der Waals surface area contributed by atoms with Gasteiger partial charge in [0, 0.05) is 21.1 Å². The Labute approximate surface area is 140 Å². The summed E-state index contributed by atoms with van der Waals surface area (Å²) in [7, 11) is 0. The van der Waals surface area contributed by atoms with Crippen LogP contribution in [0.5, 0.6) is 0 Å². The number of halogens is 4. The molecule has 2 rings (SSSR count). The van der Waals surface area contributed by atoms with Gasteiger partial charge >= 0.3 is 0 Å². The maximum absolute atomic E-state index is 13.3. The molecule has 1 unspecified atom stereocenters. The van der Waals surface area contributed by atoms with E-state index >= 15 is 0 Å². The van der Waals surface area contributed by atoms with Gasteiger partial charge in [-0.3, -0.25) is 0 Å². The van der Waals surface area contributed by atoms with Gasteiger partial charge in [-0.05, 0) is 48.4 Å². The summed E-state index contributed by atoms with van der Waals surface area (Å²) in [5.41, 5.74) is 1.69. The molecule has 2 aromatic rings. The zero-order valence-corrected chi connectivity index (χ0v) is 14.6. The van der Waals surface area contributed by atoms with Gasteiger partial charge in [0.15, 0.2) is 0 Å². The Kier molecular flexibility index (Phi) is 5.90. The highest BCUT2D eigenvalue weighted by molar-refractivity contribution is 9.11. The fourth-order valence-electron chi connectivity index (χ4n) is 2.29. The summed E-state index contributed by atoms with van der Waals surface area (Å²) in [4.78, 5) is 0. The highest BCUT2D eigenvalue weighted by atomic mass is 79.9. The molecule has 2 aromatic carbocycles. The molecule has 1 atom stereocenters. The molecule has 112 valence electrons. The lowest BCUT2D eigenvalue weighted by atomic mass is 9.98. The highest BCUT2D eigenvalue weighted by Gasteiger charge is 2.15. The molecule has 0 amide bonds. The lowest BCUT2D eigenvalue weighted by Gasteiger charge is -2.20. The Morgan fingerprint density at radius 1 is 1.05 bits per heavy atom. The van der Waals surface area contributed by atoms with Crippen molar-refractivity contribution in [2.24, 2.45) is 0 Å². The van der Waals surface area contributed by atoms with Crippen LogP contribution in [0.4, 0.5) is 8.78 Å². The van der Waals surface area contributed by atoms with Crippen LogP contribution in [-0.2, 0) is 6.42 Å². The molecule has 0 aromatic heterocycles. The van der Waals surface area contributed by atoms with E-state index in [-0.39, 0.29) is 6.04 Å². The lowest BCUT2D eigenvalue weighted by Crippen LogP contribution is -2.23. The minimum atomic E-state index is -0.546. The third kappa shape index (κ3) is 4.59. The van der Waals surface area contributed by atoms with E-state index in [0.29, 0.717) is 12.0 Å². The van der Waals surface area contributed by atoms with Gasteiger partial charge in [-0.15, -0.1) is 0 Å². The molecule has 0 heterocycles. The summed E-state index contributed by atoms with van der Waals surface area (Å²) in [5.74, 6) is -1.09. The Balaban J connectivity index is 2.30. The topological polar surface area (TPSA) is 12.0 Å². The number of hydrogen-bond donors (Lipinski definition) is 1. The molecule has 0 radical (unpaired) electrons. The quantitative estimate of drug-likeness (QED) is 0.686. The number of likely N-dealkylation sites (N-methyl/N-ethyl adjacent to an activating group) is 1. The van der Waals surface area contributed by atoms with Gasteiger partial charge in [-0.2, -0.15) is 0 Å². The third-order valence-corrected chi connectivity index (χ3v) is 4.33. The van der Waals surface area contributed by atoms with Crippen molar-refractivity contribution in [2.75, 3.05) is 6.54 Å². The second-order valence-electron chi connectivity index (χ2n) is 4.76. The van der Waals surface area contributed by atoms with E-state index in [0.717, 1.165) is 27.1 Å². The normalized spacial score (nSPS) is 12.4. The maximum Gasteiger partial charge on any atom is 0.126 e. The summed E-state index contributed by atoms with van der Waals surface area (Å²) >= 11 is 6.96. The molecule has 1 nitrogen and oxygen atoms in total. The Bertz CT molecular complexity index is 611. The van der Waals surface area contributed by atoms with Crippen molar-refractivity contribution in [3.63, 3.8) is 0 Å². The van der Waals surface area contributed by atoms with Gasteiger partial charge in [0.1, 0.15) is 11.6 Å². The predicted molar refractivity (Wildman–Crippen MR) is 88.3 cm³/mol. The van der Waals surface area contributed by atoms with E-state index in [9.17, 15) is 8.78 Å². The smallest absolute Gasteiger partial charge is 0.126 e. The minimum absolute atomic E-state index is 0.0151. The molecule has 0 aliphatic carbocycles. The van der Waals surface area contributed by atoms with Crippen molar-refractivity contribution in [1.82, 2.24) is 5.32 Å². The molecule has 0 saturated heterocycles. The van der Waals surface area contributed by atoms with Crippen LogP contribution in [0.15, 0.2) is 45.3 Å². The summed E-state index contributed by atoms with van der Waals surface area (Å²) in [6.07, 6.45) is 0.517. The molecule has 0 bridgehead atoms.